The first kappa shape index (κ1) is 19.7. The van der Waals surface area contributed by atoms with Crippen molar-refractivity contribution in [1.82, 2.24) is 15.1 Å². The van der Waals surface area contributed by atoms with Gasteiger partial charge in [-0.25, -0.2) is 0 Å². The second kappa shape index (κ2) is 8.68. The van der Waals surface area contributed by atoms with Crippen molar-refractivity contribution in [3.63, 3.8) is 0 Å². The number of nitrogens with one attached hydrogen (secondary N) is 1. The van der Waals surface area contributed by atoms with Crippen LogP contribution in [0.25, 0.3) is 0 Å². The van der Waals surface area contributed by atoms with E-state index in [0.717, 1.165) is 30.1 Å². The van der Waals surface area contributed by atoms with Crippen LogP contribution in [-0.4, -0.2) is 60.9 Å². The fourth-order valence-corrected chi connectivity index (χ4v) is 2.97. The summed E-state index contributed by atoms with van der Waals surface area (Å²) in [5, 5.41) is 3.68. The summed E-state index contributed by atoms with van der Waals surface area (Å²) in [5.74, 6) is 0.212. The zero-order valence-electron chi connectivity index (χ0n) is 15.3. The van der Waals surface area contributed by atoms with Gasteiger partial charge in [-0.3, -0.25) is 14.5 Å². The van der Waals surface area contributed by atoms with Crippen molar-refractivity contribution in [3.05, 3.63) is 34.9 Å². The van der Waals surface area contributed by atoms with Crippen molar-refractivity contribution < 1.29 is 9.59 Å². The number of halogens is 1. The van der Waals surface area contributed by atoms with E-state index < -0.39 is 0 Å². The standard InChI is InChI=1S/C19H28ClN3O2/c1-19(2,3)18(25)23-12-10-22(11-13-23)14-17(24)21-9-8-15-4-6-16(20)7-5-15/h4-7H,8-14H2,1-3H3,(H,21,24). The van der Waals surface area contributed by atoms with Gasteiger partial charge in [0.1, 0.15) is 0 Å². The molecule has 138 valence electrons. The van der Waals surface area contributed by atoms with E-state index in [1.165, 1.54) is 0 Å². The van der Waals surface area contributed by atoms with Gasteiger partial charge in [-0.2, -0.15) is 0 Å². The van der Waals surface area contributed by atoms with Crippen LogP contribution in [0.5, 0.6) is 0 Å². The smallest absolute Gasteiger partial charge is 0.234 e. The zero-order chi connectivity index (χ0) is 18.4. The number of hydrogen-bond acceptors (Lipinski definition) is 3. The zero-order valence-corrected chi connectivity index (χ0v) is 16.1. The normalized spacial score (nSPS) is 15.9. The molecule has 1 fully saturated rings. The van der Waals surface area contributed by atoms with E-state index in [9.17, 15) is 9.59 Å². The van der Waals surface area contributed by atoms with E-state index in [-0.39, 0.29) is 17.2 Å². The topological polar surface area (TPSA) is 52.7 Å². The molecule has 1 aliphatic rings. The lowest BCUT2D eigenvalue weighted by Crippen LogP contribution is -2.53. The van der Waals surface area contributed by atoms with Gasteiger partial charge in [0.2, 0.25) is 11.8 Å². The predicted molar refractivity (Wildman–Crippen MR) is 101 cm³/mol. The van der Waals surface area contributed by atoms with Gasteiger partial charge >= 0.3 is 0 Å². The average Bonchev–Trinajstić information content (AvgIpc) is 2.56. The van der Waals surface area contributed by atoms with Crippen LogP contribution in [0.3, 0.4) is 0 Å². The maximum atomic E-state index is 12.3. The minimum Gasteiger partial charge on any atom is -0.355 e. The Morgan fingerprint density at radius 2 is 1.68 bits per heavy atom. The van der Waals surface area contributed by atoms with E-state index in [4.69, 9.17) is 11.6 Å². The molecule has 0 atom stereocenters. The molecule has 0 bridgehead atoms. The molecule has 1 N–H and O–H groups in total. The third-order valence-corrected chi connectivity index (χ3v) is 4.57. The summed E-state index contributed by atoms with van der Waals surface area (Å²) in [5.41, 5.74) is 0.806. The first-order valence-electron chi connectivity index (χ1n) is 8.78. The SMILES string of the molecule is CC(C)(C)C(=O)N1CCN(CC(=O)NCCc2ccc(Cl)cc2)CC1. The fourth-order valence-electron chi connectivity index (χ4n) is 2.84. The van der Waals surface area contributed by atoms with Crippen LogP contribution in [0.15, 0.2) is 24.3 Å². The van der Waals surface area contributed by atoms with Crippen molar-refractivity contribution in [3.8, 4) is 0 Å². The van der Waals surface area contributed by atoms with E-state index in [2.05, 4.69) is 10.2 Å². The Kier molecular flexibility index (Phi) is 6.85. The molecule has 1 aromatic carbocycles. The molecule has 0 saturated carbocycles. The largest absolute Gasteiger partial charge is 0.355 e. The number of benzene rings is 1. The molecular formula is C19H28ClN3O2. The Balaban J connectivity index is 1.66. The molecule has 0 spiro atoms. The number of amides is 2. The number of carbonyl (C=O) groups is 2. The number of rotatable bonds is 5. The third kappa shape index (κ3) is 6.33. The summed E-state index contributed by atoms with van der Waals surface area (Å²) in [4.78, 5) is 28.3. The van der Waals surface area contributed by atoms with Crippen molar-refractivity contribution >= 4 is 23.4 Å². The quantitative estimate of drug-likeness (QED) is 0.870. The highest BCUT2D eigenvalue weighted by Crippen LogP contribution is 2.18. The average molecular weight is 366 g/mol. The van der Waals surface area contributed by atoms with E-state index in [1.54, 1.807) is 0 Å². The maximum Gasteiger partial charge on any atom is 0.234 e. The number of piperazine rings is 1. The van der Waals surface area contributed by atoms with Gasteiger partial charge < -0.3 is 10.2 Å². The lowest BCUT2D eigenvalue weighted by molar-refractivity contribution is -0.141. The molecular weight excluding hydrogens is 338 g/mol. The first-order chi connectivity index (χ1) is 11.8. The van der Waals surface area contributed by atoms with Crippen LogP contribution in [0.4, 0.5) is 0 Å². The Labute approximate surface area is 155 Å². The fraction of sp³-hybridized carbons (Fsp3) is 0.579. The van der Waals surface area contributed by atoms with Gasteiger partial charge in [0.05, 0.1) is 6.54 Å². The summed E-state index contributed by atoms with van der Waals surface area (Å²) in [6.07, 6.45) is 0.788. The highest BCUT2D eigenvalue weighted by molar-refractivity contribution is 6.30. The minimum atomic E-state index is -0.346. The second-order valence-corrected chi connectivity index (χ2v) is 7.98. The van der Waals surface area contributed by atoms with Crippen LogP contribution < -0.4 is 5.32 Å². The summed E-state index contributed by atoms with van der Waals surface area (Å²) in [6, 6.07) is 7.66. The Morgan fingerprint density at radius 1 is 1.08 bits per heavy atom. The summed E-state index contributed by atoms with van der Waals surface area (Å²) in [6.45, 7) is 9.68. The van der Waals surface area contributed by atoms with Crippen LogP contribution in [0, 0.1) is 5.41 Å². The number of nitrogens with zero attached hydrogens (tertiary/aromatic N) is 2. The Hall–Kier alpha value is -1.59. The summed E-state index contributed by atoms with van der Waals surface area (Å²) in [7, 11) is 0. The third-order valence-electron chi connectivity index (χ3n) is 4.32. The van der Waals surface area contributed by atoms with Crippen molar-refractivity contribution in [2.75, 3.05) is 39.3 Å². The molecule has 1 aromatic rings. The van der Waals surface area contributed by atoms with Crippen molar-refractivity contribution in [2.45, 2.75) is 27.2 Å². The van der Waals surface area contributed by atoms with Gasteiger partial charge in [0.25, 0.3) is 0 Å². The van der Waals surface area contributed by atoms with Crippen LogP contribution in [-0.2, 0) is 16.0 Å². The molecule has 2 amide bonds. The van der Waals surface area contributed by atoms with E-state index in [1.807, 2.05) is 49.9 Å². The van der Waals surface area contributed by atoms with Crippen LogP contribution in [0.1, 0.15) is 26.3 Å². The maximum absolute atomic E-state index is 12.3. The van der Waals surface area contributed by atoms with E-state index in [0.29, 0.717) is 26.2 Å². The highest BCUT2D eigenvalue weighted by atomic mass is 35.5. The first-order valence-corrected chi connectivity index (χ1v) is 9.16. The summed E-state index contributed by atoms with van der Waals surface area (Å²) < 4.78 is 0. The number of hydrogen-bond donors (Lipinski definition) is 1. The van der Waals surface area contributed by atoms with Gasteiger partial charge in [-0.05, 0) is 24.1 Å². The molecule has 0 aliphatic carbocycles. The minimum absolute atomic E-state index is 0.0320. The molecule has 0 unspecified atom stereocenters. The monoisotopic (exact) mass is 365 g/mol. The summed E-state index contributed by atoms with van der Waals surface area (Å²) >= 11 is 5.86. The van der Waals surface area contributed by atoms with Gasteiger partial charge in [-0.15, -0.1) is 0 Å². The highest BCUT2D eigenvalue weighted by Gasteiger charge is 2.29. The molecule has 0 aromatic heterocycles. The molecule has 0 radical (unpaired) electrons. The molecule has 1 heterocycles. The predicted octanol–water partition coefficient (Wildman–Crippen LogP) is 2.19. The molecule has 1 aliphatic heterocycles. The molecule has 2 rings (SSSR count). The Morgan fingerprint density at radius 3 is 2.24 bits per heavy atom. The van der Waals surface area contributed by atoms with Crippen LogP contribution >= 0.6 is 11.6 Å². The number of carbonyl (C=O) groups excluding carboxylic acids is 2. The molecule has 6 heteroatoms. The van der Waals surface area contributed by atoms with Crippen molar-refractivity contribution in [1.29, 1.82) is 0 Å². The lowest BCUT2D eigenvalue weighted by Gasteiger charge is -2.37. The van der Waals surface area contributed by atoms with Gasteiger partial charge in [0, 0.05) is 43.2 Å². The second-order valence-electron chi connectivity index (χ2n) is 7.54. The Bertz CT molecular complexity index is 588. The van der Waals surface area contributed by atoms with E-state index >= 15 is 0 Å². The lowest BCUT2D eigenvalue weighted by atomic mass is 9.94. The van der Waals surface area contributed by atoms with Gasteiger partial charge in [-0.1, -0.05) is 44.5 Å². The van der Waals surface area contributed by atoms with Crippen LogP contribution in [0.2, 0.25) is 5.02 Å². The molecule has 1 saturated heterocycles. The molecule has 25 heavy (non-hydrogen) atoms. The molecule has 5 nitrogen and oxygen atoms in total. The van der Waals surface area contributed by atoms with Gasteiger partial charge in [0.15, 0.2) is 0 Å². The van der Waals surface area contributed by atoms with Crippen molar-refractivity contribution in [2.24, 2.45) is 5.41 Å².